The van der Waals surface area contributed by atoms with Crippen LogP contribution in [0.4, 0.5) is 0 Å². The second-order valence-electron chi connectivity index (χ2n) is 18.0. The zero-order valence-electron chi connectivity index (χ0n) is 39.4. The van der Waals surface area contributed by atoms with Gasteiger partial charge in [-0.25, -0.2) is 0 Å². The third-order valence-electron chi connectivity index (χ3n) is 12.2. The zero-order chi connectivity index (χ0) is 44.4. The number of hydrogen-bond donors (Lipinski definition) is 6. The molecule has 0 aromatic rings. The summed E-state index contributed by atoms with van der Waals surface area (Å²) in [6.45, 7) is 3.72. The van der Waals surface area contributed by atoms with Gasteiger partial charge in [0.15, 0.2) is 6.29 Å². The van der Waals surface area contributed by atoms with Gasteiger partial charge in [0.1, 0.15) is 24.4 Å². The maximum absolute atomic E-state index is 12.9. The van der Waals surface area contributed by atoms with Gasteiger partial charge in [0.2, 0.25) is 5.91 Å². The van der Waals surface area contributed by atoms with Crippen LogP contribution in [0.3, 0.4) is 0 Å². The summed E-state index contributed by atoms with van der Waals surface area (Å²) in [4.78, 5) is 12.9. The predicted octanol–water partition coefficient (Wildman–Crippen LogP) is 11.6. The Hall–Kier alpha value is -1.59. The summed E-state index contributed by atoms with van der Waals surface area (Å²) in [6.07, 6.45) is 46.5. The first-order valence-electron chi connectivity index (χ1n) is 25.7. The number of allylic oxidation sites excluding steroid dienone is 5. The number of rotatable bonds is 43. The molecule has 0 radical (unpaired) electrons. The van der Waals surface area contributed by atoms with E-state index in [0.29, 0.717) is 6.42 Å². The van der Waals surface area contributed by atoms with Crippen molar-refractivity contribution in [3.63, 3.8) is 0 Å². The fraction of sp³-hybridized carbons (Fsp3) is 0.865. The number of aliphatic hydroxyl groups is 5. The van der Waals surface area contributed by atoms with Crippen molar-refractivity contribution in [3.8, 4) is 0 Å². The molecule has 61 heavy (non-hydrogen) atoms. The number of amides is 1. The normalized spacial score (nSPS) is 20.7. The smallest absolute Gasteiger partial charge is 0.220 e. The highest BCUT2D eigenvalue weighted by atomic mass is 16.7. The standard InChI is InChI=1S/C52H97NO8/c1-3-5-7-9-11-13-15-16-17-18-19-20-21-22-23-24-25-26-27-28-29-30-32-33-35-37-39-41-46(55)45(44-60-52-51(59)50(58)49(57)47(43-54)61-52)53-48(56)42-40-38-36-34-31-14-12-10-8-6-4-2/h10,12,32-33,39,41,45-47,49-52,54-55,57-59H,3-9,11,13-31,34-38,40,42-44H2,1-2H3,(H,53,56)/b12-10-,33-32+,41-39+. The largest absolute Gasteiger partial charge is 0.394 e. The number of aliphatic hydroxyl groups excluding tert-OH is 5. The van der Waals surface area contributed by atoms with Crippen molar-refractivity contribution in [2.45, 2.75) is 275 Å². The molecule has 0 aromatic carbocycles. The lowest BCUT2D eigenvalue weighted by molar-refractivity contribution is -0.302. The molecule has 7 unspecified atom stereocenters. The monoisotopic (exact) mass is 864 g/mol. The molecule has 1 heterocycles. The lowest BCUT2D eigenvalue weighted by Gasteiger charge is -2.40. The molecule has 1 fully saturated rings. The van der Waals surface area contributed by atoms with Gasteiger partial charge in [-0.05, 0) is 51.4 Å². The number of hydrogen-bond acceptors (Lipinski definition) is 8. The molecule has 1 aliphatic rings. The Labute approximate surface area is 374 Å². The number of carbonyl (C=O) groups is 1. The van der Waals surface area contributed by atoms with Crippen LogP contribution in [0.1, 0.15) is 232 Å². The molecular formula is C52H97NO8. The van der Waals surface area contributed by atoms with Crippen LogP contribution in [0.5, 0.6) is 0 Å². The van der Waals surface area contributed by atoms with E-state index in [4.69, 9.17) is 9.47 Å². The lowest BCUT2D eigenvalue weighted by Crippen LogP contribution is -2.60. The van der Waals surface area contributed by atoms with Crippen LogP contribution >= 0.6 is 0 Å². The number of unbranched alkanes of at least 4 members (excludes halogenated alkanes) is 29. The molecule has 0 saturated carbocycles. The molecule has 1 aliphatic heterocycles. The van der Waals surface area contributed by atoms with Crippen molar-refractivity contribution >= 4 is 5.91 Å². The molecule has 0 bridgehead atoms. The first kappa shape index (κ1) is 57.4. The van der Waals surface area contributed by atoms with Crippen molar-refractivity contribution in [3.05, 3.63) is 36.5 Å². The van der Waals surface area contributed by atoms with Crippen LogP contribution in [0.2, 0.25) is 0 Å². The van der Waals surface area contributed by atoms with Gasteiger partial charge >= 0.3 is 0 Å². The third kappa shape index (κ3) is 32.7. The van der Waals surface area contributed by atoms with E-state index in [2.05, 4.69) is 43.5 Å². The van der Waals surface area contributed by atoms with Gasteiger partial charge in [0, 0.05) is 6.42 Å². The van der Waals surface area contributed by atoms with Crippen molar-refractivity contribution in [2.75, 3.05) is 13.2 Å². The lowest BCUT2D eigenvalue weighted by atomic mass is 9.99. The van der Waals surface area contributed by atoms with E-state index in [1.54, 1.807) is 6.08 Å². The van der Waals surface area contributed by atoms with Gasteiger partial charge in [-0.3, -0.25) is 4.79 Å². The molecule has 1 amide bonds. The number of ether oxygens (including phenoxy) is 2. The number of carbonyl (C=O) groups excluding carboxylic acids is 1. The van der Waals surface area contributed by atoms with Crippen LogP contribution in [0.25, 0.3) is 0 Å². The van der Waals surface area contributed by atoms with E-state index in [9.17, 15) is 30.3 Å². The topological polar surface area (TPSA) is 149 Å². The maximum Gasteiger partial charge on any atom is 0.220 e. The quantitative estimate of drug-likeness (QED) is 0.0262. The van der Waals surface area contributed by atoms with E-state index in [1.807, 2.05) is 6.08 Å². The minimum atomic E-state index is -1.57. The Morgan fingerprint density at radius 2 is 0.951 bits per heavy atom. The average Bonchev–Trinajstić information content (AvgIpc) is 3.26. The molecule has 9 nitrogen and oxygen atoms in total. The summed E-state index contributed by atoms with van der Waals surface area (Å²) in [7, 11) is 0. The Balaban J connectivity index is 2.24. The molecule has 0 aromatic heterocycles. The molecule has 6 N–H and O–H groups in total. The Kier molecular flexibility index (Phi) is 39.9. The summed E-state index contributed by atoms with van der Waals surface area (Å²) >= 11 is 0. The molecule has 358 valence electrons. The minimum absolute atomic E-state index is 0.197. The number of nitrogens with one attached hydrogen (secondary N) is 1. The van der Waals surface area contributed by atoms with Gasteiger partial charge in [-0.2, -0.15) is 0 Å². The summed E-state index contributed by atoms with van der Waals surface area (Å²) in [5, 5.41) is 54.2. The summed E-state index contributed by atoms with van der Waals surface area (Å²) in [5.41, 5.74) is 0. The van der Waals surface area contributed by atoms with E-state index < -0.39 is 49.5 Å². The Morgan fingerprint density at radius 3 is 1.43 bits per heavy atom. The van der Waals surface area contributed by atoms with E-state index in [1.165, 1.54) is 148 Å². The molecular weight excluding hydrogens is 767 g/mol. The summed E-state index contributed by atoms with van der Waals surface area (Å²) < 4.78 is 11.2. The van der Waals surface area contributed by atoms with Gasteiger partial charge < -0.3 is 40.3 Å². The zero-order valence-corrected chi connectivity index (χ0v) is 39.4. The van der Waals surface area contributed by atoms with Gasteiger partial charge in [-0.1, -0.05) is 211 Å². The fourth-order valence-corrected chi connectivity index (χ4v) is 8.04. The van der Waals surface area contributed by atoms with Gasteiger partial charge in [-0.15, -0.1) is 0 Å². The molecule has 1 saturated heterocycles. The second kappa shape index (κ2) is 42.4. The molecule has 9 heteroatoms. The highest BCUT2D eigenvalue weighted by Gasteiger charge is 2.44. The Morgan fingerprint density at radius 1 is 0.541 bits per heavy atom. The first-order chi connectivity index (χ1) is 29.8. The van der Waals surface area contributed by atoms with Crippen molar-refractivity contribution in [1.29, 1.82) is 0 Å². The van der Waals surface area contributed by atoms with Crippen molar-refractivity contribution in [1.82, 2.24) is 5.32 Å². The third-order valence-corrected chi connectivity index (χ3v) is 12.2. The van der Waals surface area contributed by atoms with Gasteiger partial charge in [0.25, 0.3) is 0 Å². The van der Waals surface area contributed by atoms with E-state index >= 15 is 0 Å². The molecule has 1 rings (SSSR count). The molecule has 0 spiro atoms. The summed E-state index contributed by atoms with van der Waals surface area (Å²) in [5.74, 6) is -0.197. The molecule has 0 aliphatic carbocycles. The van der Waals surface area contributed by atoms with Crippen LogP contribution in [-0.2, 0) is 14.3 Å². The maximum atomic E-state index is 12.9. The Bertz CT molecular complexity index is 1050. The van der Waals surface area contributed by atoms with Crippen molar-refractivity contribution < 1.29 is 39.8 Å². The van der Waals surface area contributed by atoms with E-state index in [0.717, 1.165) is 64.2 Å². The molecule has 7 atom stereocenters. The minimum Gasteiger partial charge on any atom is -0.394 e. The second-order valence-corrected chi connectivity index (χ2v) is 18.0. The van der Waals surface area contributed by atoms with Crippen molar-refractivity contribution in [2.24, 2.45) is 0 Å². The van der Waals surface area contributed by atoms with Crippen LogP contribution in [-0.4, -0.2) is 87.5 Å². The summed E-state index contributed by atoms with van der Waals surface area (Å²) in [6, 6.07) is -0.824. The highest BCUT2D eigenvalue weighted by molar-refractivity contribution is 5.76. The van der Waals surface area contributed by atoms with Crippen LogP contribution < -0.4 is 5.32 Å². The van der Waals surface area contributed by atoms with Crippen LogP contribution in [0.15, 0.2) is 36.5 Å². The van der Waals surface area contributed by atoms with Crippen LogP contribution in [0, 0.1) is 0 Å². The van der Waals surface area contributed by atoms with Gasteiger partial charge in [0.05, 0.1) is 25.4 Å². The SMILES string of the molecule is CCCC/C=C\CCCCCCCC(=O)NC(COC1OC(CO)C(O)C(O)C1O)C(O)/C=C/CC/C=C/CCCCCCCCCCCCCCCCCCCCCCC. The first-order valence-corrected chi connectivity index (χ1v) is 25.7. The average molecular weight is 864 g/mol. The predicted molar refractivity (Wildman–Crippen MR) is 253 cm³/mol. The fourth-order valence-electron chi connectivity index (χ4n) is 8.04. The highest BCUT2D eigenvalue weighted by Crippen LogP contribution is 2.23. The van der Waals surface area contributed by atoms with E-state index in [-0.39, 0.29) is 12.5 Å².